The molecule has 0 heteroatoms. The van der Waals surface area contributed by atoms with Gasteiger partial charge in [0, 0.05) is 0 Å². The molecular formula is C17H28. The minimum atomic E-state index is 0.716. The zero-order valence-electron chi connectivity index (χ0n) is 11.8. The van der Waals surface area contributed by atoms with E-state index in [1.165, 1.54) is 44.1 Å². The molecule has 1 aromatic carbocycles. The fraction of sp³-hybridized carbons (Fsp3) is 0.647. The minimum absolute atomic E-state index is 0.716. The standard InChI is InChI=1S/C17H28/c1-4-6-8-12-16(11-5-2)15(3)17-13-9-7-10-14-17/h7,9-10,13-16H,4-6,8,11-12H2,1-3H3. The molecule has 0 spiro atoms. The average Bonchev–Trinajstić information content (AvgIpc) is 2.38. The summed E-state index contributed by atoms with van der Waals surface area (Å²) in [6.07, 6.45) is 8.21. The summed E-state index contributed by atoms with van der Waals surface area (Å²) in [4.78, 5) is 0. The topological polar surface area (TPSA) is 0 Å². The van der Waals surface area contributed by atoms with Crippen molar-refractivity contribution in [2.75, 3.05) is 0 Å². The van der Waals surface area contributed by atoms with E-state index in [4.69, 9.17) is 0 Å². The molecular weight excluding hydrogens is 204 g/mol. The number of rotatable bonds is 8. The van der Waals surface area contributed by atoms with Crippen LogP contribution >= 0.6 is 0 Å². The van der Waals surface area contributed by atoms with Gasteiger partial charge < -0.3 is 0 Å². The van der Waals surface area contributed by atoms with Gasteiger partial charge in [-0.1, -0.05) is 83.2 Å². The Bertz CT molecular complexity index is 275. The smallest absolute Gasteiger partial charge is 0.0162 e. The summed E-state index contributed by atoms with van der Waals surface area (Å²) in [5.74, 6) is 1.59. The number of hydrogen-bond acceptors (Lipinski definition) is 0. The molecule has 2 unspecified atom stereocenters. The van der Waals surface area contributed by atoms with Gasteiger partial charge in [0.1, 0.15) is 0 Å². The van der Waals surface area contributed by atoms with Crippen molar-refractivity contribution >= 4 is 0 Å². The van der Waals surface area contributed by atoms with E-state index in [1.54, 1.807) is 0 Å². The van der Waals surface area contributed by atoms with E-state index < -0.39 is 0 Å². The Morgan fingerprint density at radius 1 is 0.882 bits per heavy atom. The Morgan fingerprint density at radius 3 is 2.18 bits per heavy atom. The van der Waals surface area contributed by atoms with Crippen LogP contribution in [-0.2, 0) is 0 Å². The molecule has 0 aliphatic carbocycles. The van der Waals surface area contributed by atoms with Gasteiger partial charge in [-0.25, -0.2) is 0 Å². The zero-order valence-corrected chi connectivity index (χ0v) is 11.8. The van der Waals surface area contributed by atoms with Crippen LogP contribution in [-0.4, -0.2) is 0 Å². The van der Waals surface area contributed by atoms with Crippen molar-refractivity contribution in [3.63, 3.8) is 0 Å². The van der Waals surface area contributed by atoms with Gasteiger partial charge in [0.25, 0.3) is 0 Å². The summed E-state index contributed by atoms with van der Waals surface area (Å²) in [7, 11) is 0. The first-order valence-electron chi connectivity index (χ1n) is 7.34. The molecule has 1 aromatic rings. The first-order valence-corrected chi connectivity index (χ1v) is 7.34. The van der Waals surface area contributed by atoms with Crippen LogP contribution in [0.15, 0.2) is 30.3 Å². The van der Waals surface area contributed by atoms with Crippen LogP contribution < -0.4 is 0 Å². The zero-order chi connectivity index (χ0) is 12.5. The second kappa shape index (κ2) is 8.33. The molecule has 0 aliphatic rings. The third-order valence-electron chi connectivity index (χ3n) is 3.87. The van der Waals surface area contributed by atoms with Crippen LogP contribution in [0.1, 0.15) is 70.8 Å². The summed E-state index contributed by atoms with van der Waals surface area (Å²) in [5, 5.41) is 0. The monoisotopic (exact) mass is 232 g/mol. The van der Waals surface area contributed by atoms with Crippen LogP contribution in [0.3, 0.4) is 0 Å². The van der Waals surface area contributed by atoms with Gasteiger partial charge in [0.15, 0.2) is 0 Å². The highest BCUT2D eigenvalue weighted by atomic mass is 14.2. The Hall–Kier alpha value is -0.780. The van der Waals surface area contributed by atoms with Gasteiger partial charge >= 0.3 is 0 Å². The van der Waals surface area contributed by atoms with E-state index in [9.17, 15) is 0 Å². The second-order valence-corrected chi connectivity index (χ2v) is 5.24. The van der Waals surface area contributed by atoms with E-state index in [-0.39, 0.29) is 0 Å². The minimum Gasteiger partial charge on any atom is -0.0654 e. The molecule has 0 bridgehead atoms. The average molecular weight is 232 g/mol. The SMILES string of the molecule is CCCCCC(CCC)C(C)c1ccccc1. The number of benzene rings is 1. The molecule has 0 fully saturated rings. The van der Waals surface area contributed by atoms with Gasteiger partial charge in [-0.15, -0.1) is 0 Å². The normalized spacial score (nSPS) is 14.5. The quantitative estimate of drug-likeness (QED) is 0.498. The van der Waals surface area contributed by atoms with Crippen molar-refractivity contribution < 1.29 is 0 Å². The maximum atomic E-state index is 2.40. The molecule has 0 nitrogen and oxygen atoms in total. The fourth-order valence-corrected chi connectivity index (χ4v) is 2.70. The van der Waals surface area contributed by atoms with Crippen LogP contribution in [0.5, 0.6) is 0 Å². The maximum Gasteiger partial charge on any atom is -0.0162 e. The Kier molecular flexibility index (Phi) is 7.00. The fourth-order valence-electron chi connectivity index (χ4n) is 2.70. The van der Waals surface area contributed by atoms with E-state index >= 15 is 0 Å². The summed E-state index contributed by atoms with van der Waals surface area (Å²) >= 11 is 0. The van der Waals surface area contributed by atoms with Crippen molar-refractivity contribution in [1.29, 1.82) is 0 Å². The third-order valence-corrected chi connectivity index (χ3v) is 3.87. The predicted octanol–water partition coefficient (Wildman–Crippen LogP) is 5.79. The first-order chi connectivity index (χ1) is 8.29. The van der Waals surface area contributed by atoms with Gasteiger partial charge in [-0.2, -0.15) is 0 Å². The lowest BCUT2D eigenvalue weighted by Gasteiger charge is -2.24. The maximum absolute atomic E-state index is 2.40. The van der Waals surface area contributed by atoms with E-state index in [0.29, 0.717) is 5.92 Å². The largest absolute Gasteiger partial charge is 0.0654 e. The molecule has 0 saturated heterocycles. The Balaban J connectivity index is 2.56. The summed E-state index contributed by atoms with van der Waals surface area (Å²) < 4.78 is 0. The van der Waals surface area contributed by atoms with Crippen molar-refractivity contribution in [3.8, 4) is 0 Å². The highest BCUT2D eigenvalue weighted by Gasteiger charge is 2.17. The molecule has 0 radical (unpaired) electrons. The van der Waals surface area contributed by atoms with Gasteiger partial charge in [0.2, 0.25) is 0 Å². The van der Waals surface area contributed by atoms with E-state index in [2.05, 4.69) is 51.1 Å². The molecule has 96 valence electrons. The molecule has 17 heavy (non-hydrogen) atoms. The molecule has 0 aromatic heterocycles. The predicted molar refractivity (Wildman–Crippen MR) is 77.4 cm³/mol. The number of unbranched alkanes of at least 4 members (excludes halogenated alkanes) is 2. The van der Waals surface area contributed by atoms with E-state index in [0.717, 1.165) is 5.92 Å². The lowest BCUT2D eigenvalue weighted by atomic mass is 9.81. The summed E-state index contributed by atoms with van der Waals surface area (Å²) in [6, 6.07) is 11.0. The van der Waals surface area contributed by atoms with Crippen molar-refractivity contribution in [1.82, 2.24) is 0 Å². The van der Waals surface area contributed by atoms with Crippen molar-refractivity contribution in [3.05, 3.63) is 35.9 Å². The molecule has 0 heterocycles. The summed E-state index contributed by atoms with van der Waals surface area (Å²) in [5.41, 5.74) is 1.52. The molecule has 1 rings (SSSR count). The van der Waals surface area contributed by atoms with Crippen molar-refractivity contribution in [2.45, 2.75) is 65.2 Å². The van der Waals surface area contributed by atoms with E-state index in [1.807, 2.05) is 0 Å². The Morgan fingerprint density at radius 2 is 1.59 bits per heavy atom. The van der Waals surface area contributed by atoms with Crippen LogP contribution in [0.4, 0.5) is 0 Å². The second-order valence-electron chi connectivity index (χ2n) is 5.24. The van der Waals surface area contributed by atoms with Crippen molar-refractivity contribution in [2.24, 2.45) is 5.92 Å². The van der Waals surface area contributed by atoms with Crippen LogP contribution in [0.2, 0.25) is 0 Å². The van der Waals surface area contributed by atoms with Gasteiger partial charge in [-0.05, 0) is 23.8 Å². The third kappa shape index (κ3) is 4.93. The van der Waals surface area contributed by atoms with Gasteiger partial charge in [-0.3, -0.25) is 0 Å². The first kappa shape index (κ1) is 14.3. The molecule has 0 amide bonds. The van der Waals surface area contributed by atoms with Crippen LogP contribution in [0, 0.1) is 5.92 Å². The summed E-state index contributed by atoms with van der Waals surface area (Å²) in [6.45, 7) is 7.00. The highest BCUT2D eigenvalue weighted by molar-refractivity contribution is 5.19. The highest BCUT2D eigenvalue weighted by Crippen LogP contribution is 2.31. The lowest BCUT2D eigenvalue weighted by molar-refractivity contribution is 0.369. The molecule has 0 saturated carbocycles. The Labute approximate surface area is 107 Å². The molecule has 0 N–H and O–H groups in total. The molecule has 2 atom stereocenters. The molecule has 0 aliphatic heterocycles. The lowest BCUT2D eigenvalue weighted by Crippen LogP contribution is -2.10. The van der Waals surface area contributed by atoms with Gasteiger partial charge in [0.05, 0.1) is 0 Å². The van der Waals surface area contributed by atoms with Crippen LogP contribution in [0.25, 0.3) is 0 Å². The number of hydrogen-bond donors (Lipinski definition) is 0.